The summed E-state index contributed by atoms with van der Waals surface area (Å²) in [6.07, 6.45) is 1.86. The topological polar surface area (TPSA) is 41.5 Å². The molecule has 100 valence electrons. The normalized spacial score (nSPS) is 17.6. The van der Waals surface area contributed by atoms with Crippen molar-refractivity contribution in [1.82, 2.24) is 5.32 Å². The fourth-order valence-electron chi connectivity index (χ4n) is 1.89. The predicted octanol–water partition coefficient (Wildman–Crippen LogP) is 3.22. The van der Waals surface area contributed by atoms with Crippen LogP contribution >= 0.6 is 0 Å². The van der Waals surface area contributed by atoms with E-state index >= 15 is 0 Å². The molecule has 0 fully saturated rings. The molecule has 2 rings (SSSR count). The van der Waals surface area contributed by atoms with Crippen LogP contribution in [0.25, 0.3) is 6.08 Å². The summed E-state index contributed by atoms with van der Waals surface area (Å²) >= 11 is 0. The van der Waals surface area contributed by atoms with Gasteiger partial charge in [0.25, 0.3) is 5.91 Å². The Morgan fingerprint density at radius 1 is 1.21 bits per heavy atom. The molecular weight excluding hydrogens is 236 g/mol. The number of hydrogen-bond donors (Lipinski definition) is 1. The lowest BCUT2D eigenvalue weighted by Crippen LogP contribution is -2.34. The fourth-order valence-corrected chi connectivity index (χ4v) is 1.89. The molecule has 1 aromatic rings. The summed E-state index contributed by atoms with van der Waals surface area (Å²) in [6, 6.07) is 6.19. The average molecular weight is 256 g/mol. The van der Waals surface area contributed by atoms with Gasteiger partial charge in [0.05, 0.1) is 0 Å². The van der Waals surface area contributed by atoms with E-state index < -0.39 is 0 Å². The zero-order chi connectivity index (χ0) is 14.2. The quantitative estimate of drug-likeness (QED) is 0.770. The van der Waals surface area contributed by atoms with Crippen LogP contribution in [0.15, 0.2) is 28.9 Å². The number of aryl methyl sites for hydroxylation is 2. The van der Waals surface area contributed by atoms with Gasteiger partial charge in [-0.1, -0.05) is 44.5 Å². The molecule has 1 heterocycles. The zero-order valence-electron chi connectivity index (χ0n) is 12.2. The highest BCUT2D eigenvalue weighted by Crippen LogP contribution is 2.22. The number of nitrogens with one attached hydrogen (secondary N) is 1. The Hall–Kier alpha value is -1.90. The van der Waals surface area contributed by atoms with Gasteiger partial charge in [0.2, 0.25) is 0 Å². The number of amides is 1. The Balaban J connectivity index is 2.41. The molecule has 19 heavy (non-hydrogen) atoms. The summed E-state index contributed by atoms with van der Waals surface area (Å²) in [6.45, 7) is 10.2. The zero-order valence-corrected chi connectivity index (χ0v) is 12.2. The molecule has 0 aromatic heterocycles. The predicted molar refractivity (Wildman–Crippen MR) is 78.9 cm³/mol. The molecule has 0 bridgehead atoms. The highest BCUT2D eigenvalue weighted by atomic mass is 16.2. The summed E-state index contributed by atoms with van der Waals surface area (Å²) < 4.78 is 0. The van der Waals surface area contributed by atoms with Crippen LogP contribution in [-0.2, 0) is 4.79 Å². The second-order valence-electron chi connectivity index (χ2n) is 6.05. The Morgan fingerprint density at radius 2 is 1.89 bits per heavy atom. The maximum atomic E-state index is 11.9. The molecule has 3 nitrogen and oxygen atoms in total. The van der Waals surface area contributed by atoms with Gasteiger partial charge in [-0.2, -0.15) is 0 Å². The Labute approximate surface area is 114 Å². The van der Waals surface area contributed by atoms with Gasteiger partial charge in [-0.3, -0.25) is 4.79 Å². The molecular formula is C16H20N2O. The third-order valence-electron chi connectivity index (χ3n) is 3.13. The minimum atomic E-state index is -0.146. The van der Waals surface area contributed by atoms with E-state index in [1.807, 2.05) is 40.7 Å². The number of amidine groups is 1. The highest BCUT2D eigenvalue weighted by molar-refractivity contribution is 6.15. The molecule has 0 saturated heterocycles. The molecule has 1 N–H and O–H groups in total. The van der Waals surface area contributed by atoms with E-state index in [-0.39, 0.29) is 11.3 Å². The van der Waals surface area contributed by atoms with Crippen LogP contribution in [-0.4, -0.2) is 11.7 Å². The number of carbonyl (C=O) groups excluding carboxylic acids is 1. The first-order chi connectivity index (χ1) is 8.77. The average Bonchev–Trinajstić information content (AvgIpc) is 2.65. The van der Waals surface area contributed by atoms with Gasteiger partial charge in [0.15, 0.2) is 0 Å². The van der Waals surface area contributed by atoms with Crippen LogP contribution in [0.5, 0.6) is 0 Å². The third kappa shape index (κ3) is 2.92. The molecule has 0 radical (unpaired) electrons. The summed E-state index contributed by atoms with van der Waals surface area (Å²) in [5, 5.41) is 2.84. The van der Waals surface area contributed by atoms with Crippen molar-refractivity contribution < 1.29 is 4.79 Å². The van der Waals surface area contributed by atoms with Crippen LogP contribution in [0.4, 0.5) is 0 Å². The Morgan fingerprint density at radius 3 is 2.47 bits per heavy atom. The minimum absolute atomic E-state index is 0.120. The van der Waals surface area contributed by atoms with Crippen molar-refractivity contribution in [1.29, 1.82) is 0 Å². The molecule has 1 aliphatic heterocycles. The minimum Gasteiger partial charge on any atom is -0.308 e. The van der Waals surface area contributed by atoms with E-state index in [2.05, 4.69) is 28.5 Å². The SMILES string of the molecule is Cc1ccc(C)c(/C=C2/N=C(C(C)(C)C)NC2=O)c1. The molecule has 1 aliphatic rings. The molecule has 0 spiro atoms. The van der Waals surface area contributed by atoms with Gasteiger partial charge in [0, 0.05) is 5.41 Å². The van der Waals surface area contributed by atoms with Crippen molar-refractivity contribution in [3.8, 4) is 0 Å². The summed E-state index contributed by atoms with van der Waals surface area (Å²) in [5.41, 5.74) is 3.70. The van der Waals surface area contributed by atoms with Gasteiger partial charge >= 0.3 is 0 Å². The van der Waals surface area contributed by atoms with Crippen LogP contribution in [0.3, 0.4) is 0 Å². The van der Waals surface area contributed by atoms with Crippen molar-refractivity contribution in [2.24, 2.45) is 10.4 Å². The summed E-state index contributed by atoms with van der Waals surface area (Å²) in [7, 11) is 0. The monoisotopic (exact) mass is 256 g/mol. The maximum absolute atomic E-state index is 11.9. The van der Waals surface area contributed by atoms with Gasteiger partial charge in [0.1, 0.15) is 11.5 Å². The molecule has 1 aromatic carbocycles. The van der Waals surface area contributed by atoms with E-state index in [1.165, 1.54) is 5.56 Å². The Bertz CT molecular complexity index is 589. The van der Waals surface area contributed by atoms with E-state index in [1.54, 1.807) is 0 Å². The van der Waals surface area contributed by atoms with Crippen molar-refractivity contribution >= 4 is 17.8 Å². The van der Waals surface area contributed by atoms with Crippen LogP contribution in [0.2, 0.25) is 0 Å². The summed E-state index contributed by atoms with van der Waals surface area (Å²) in [4.78, 5) is 16.4. The number of carbonyl (C=O) groups is 1. The first-order valence-corrected chi connectivity index (χ1v) is 6.47. The lowest BCUT2D eigenvalue weighted by molar-refractivity contribution is -0.115. The van der Waals surface area contributed by atoms with Gasteiger partial charge in [-0.05, 0) is 31.1 Å². The van der Waals surface area contributed by atoms with Gasteiger partial charge in [-0.25, -0.2) is 4.99 Å². The number of benzene rings is 1. The Kier molecular flexibility index (Phi) is 3.31. The fraction of sp³-hybridized carbons (Fsp3) is 0.375. The second-order valence-corrected chi connectivity index (χ2v) is 6.05. The highest BCUT2D eigenvalue weighted by Gasteiger charge is 2.28. The van der Waals surface area contributed by atoms with E-state index in [9.17, 15) is 4.79 Å². The van der Waals surface area contributed by atoms with E-state index in [0.717, 1.165) is 17.0 Å². The molecule has 0 unspecified atom stereocenters. The van der Waals surface area contributed by atoms with E-state index in [0.29, 0.717) is 5.70 Å². The van der Waals surface area contributed by atoms with Crippen LogP contribution < -0.4 is 5.32 Å². The van der Waals surface area contributed by atoms with Crippen LogP contribution in [0, 0.1) is 19.3 Å². The van der Waals surface area contributed by atoms with Gasteiger partial charge < -0.3 is 5.32 Å². The number of rotatable bonds is 1. The molecule has 3 heteroatoms. The molecule has 0 saturated carbocycles. The number of nitrogens with zero attached hydrogens (tertiary/aromatic N) is 1. The largest absolute Gasteiger partial charge is 0.308 e. The molecule has 1 amide bonds. The van der Waals surface area contributed by atoms with Gasteiger partial charge in [-0.15, -0.1) is 0 Å². The summed E-state index contributed by atoms with van der Waals surface area (Å²) in [5.74, 6) is 0.611. The first-order valence-electron chi connectivity index (χ1n) is 6.47. The van der Waals surface area contributed by atoms with Crippen molar-refractivity contribution in [3.63, 3.8) is 0 Å². The number of hydrogen-bond acceptors (Lipinski definition) is 2. The lowest BCUT2D eigenvalue weighted by Gasteiger charge is -2.16. The smallest absolute Gasteiger partial charge is 0.275 e. The third-order valence-corrected chi connectivity index (χ3v) is 3.13. The van der Waals surface area contributed by atoms with Crippen molar-refractivity contribution in [3.05, 3.63) is 40.6 Å². The van der Waals surface area contributed by atoms with E-state index in [4.69, 9.17) is 0 Å². The molecule has 0 atom stereocenters. The standard InChI is InChI=1S/C16H20N2O/c1-10-6-7-11(2)12(8-10)9-13-14(19)18-15(17-13)16(3,4)5/h6-9H,1-5H3,(H,17,18,19)/b13-9+. The molecule has 0 aliphatic carbocycles. The maximum Gasteiger partial charge on any atom is 0.275 e. The second kappa shape index (κ2) is 4.65. The lowest BCUT2D eigenvalue weighted by atomic mass is 9.95. The van der Waals surface area contributed by atoms with Crippen molar-refractivity contribution in [2.75, 3.05) is 0 Å². The van der Waals surface area contributed by atoms with Crippen molar-refractivity contribution in [2.45, 2.75) is 34.6 Å². The number of aliphatic imine (C=N–C) groups is 1. The van der Waals surface area contributed by atoms with Crippen LogP contribution in [0.1, 0.15) is 37.5 Å². The first kappa shape index (κ1) is 13.5.